The third kappa shape index (κ3) is 3.67. The predicted octanol–water partition coefficient (Wildman–Crippen LogP) is 4.45. The van der Waals surface area contributed by atoms with Crippen LogP contribution in [0.25, 0.3) is 0 Å². The Morgan fingerprint density at radius 3 is 2.47 bits per heavy atom. The maximum atomic E-state index is 3.62. The van der Waals surface area contributed by atoms with Crippen molar-refractivity contribution in [1.29, 1.82) is 0 Å². The maximum absolute atomic E-state index is 3.62. The molecule has 0 aliphatic heterocycles. The van der Waals surface area contributed by atoms with E-state index in [-0.39, 0.29) is 0 Å². The smallest absolute Gasteiger partial charge is 0.0372 e. The molecule has 0 saturated carbocycles. The van der Waals surface area contributed by atoms with Gasteiger partial charge in [0.05, 0.1) is 0 Å². The molecule has 0 fully saturated rings. The molecule has 1 aromatic rings. The lowest BCUT2D eigenvalue weighted by atomic mass is 10.0. The fourth-order valence-corrected chi connectivity index (χ4v) is 2.38. The summed E-state index contributed by atoms with van der Waals surface area (Å²) in [6, 6.07) is 7.13. The lowest BCUT2D eigenvalue weighted by molar-refractivity contribution is 0.511. The number of nitrogens with one attached hydrogen (secondary N) is 1. The second kappa shape index (κ2) is 5.73. The molecule has 2 heteroatoms. The van der Waals surface area contributed by atoms with Gasteiger partial charge >= 0.3 is 0 Å². The number of hydrogen-bond donors (Lipinski definition) is 1. The number of rotatable bonds is 4. The molecule has 0 amide bonds. The molecular formula is C13H20IN. The van der Waals surface area contributed by atoms with E-state index in [1.807, 2.05) is 0 Å². The molecule has 1 aromatic carbocycles. The Labute approximate surface area is 107 Å². The number of hydrogen-bond acceptors (Lipinski definition) is 1. The van der Waals surface area contributed by atoms with E-state index in [1.54, 1.807) is 0 Å². The molecule has 0 heterocycles. The van der Waals surface area contributed by atoms with Crippen LogP contribution in [-0.4, -0.2) is 6.04 Å². The molecule has 0 radical (unpaired) electrons. The van der Waals surface area contributed by atoms with Gasteiger partial charge < -0.3 is 5.32 Å². The van der Waals surface area contributed by atoms with Gasteiger partial charge in [-0.15, -0.1) is 0 Å². The zero-order chi connectivity index (χ0) is 11.4. The van der Waals surface area contributed by atoms with E-state index in [1.165, 1.54) is 21.2 Å². The van der Waals surface area contributed by atoms with Crippen molar-refractivity contribution < 1.29 is 0 Å². The average molecular weight is 317 g/mol. The van der Waals surface area contributed by atoms with Gasteiger partial charge in [0.2, 0.25) is 0 Å². The van der Waals surface area contributed by atoms with Gasteiger partial charge in [-0.3, -0.25) is 0 Å². The summed E-state index contributed by atoms with van der Waals surface area (Å²) in [7, 11) is 0. The fourth-order valence-electron chi connectivity index (χ4n) is 1.73. The molecule has 0 aliphatic carbocycles. The van der Waals surface area contributed by atoms with Crippen LogP contribution in [0.4, 0.5) is 5.69 Å². The molecule has 1 unspecified atom stereocenters. The van der Waals surface area contributed by atoms with Gasteiger partial charge in [-0.2, -0.15) is 0 Å². The molecule has 1 nitrogen and oxygen atoms in total. The Hall–Kier alpha value is -0.250. The first-order valence-corrected chi connectivity index (χ1v) is 6.65. The largest absolute Gasteiger partial charge is 0.382 e. The summed E-state index contributed by atoms with van der Waals surface area (Å²) >= 11 is 2.35. The van der Waals surface area contributed by atoms with E-state index in [9.17, 15) is 0 Å². The summed E-state index contributed by atoms with van der Waals surface area (Å²) in [5.74, 6) is 0.675. The van der Waals surface area contributed by atoms with Crippen LogP contribution in [0, 0.1) is 16.4 Å². The van der Waals surface area contributed by atoms with Crippen molar-refractivity contribution in [3.63, 3.8) is 0 Å². The predicted molar refractivity (Wildman–Crippen MR) is 76.4 cm³/mol. The van der Waals surface area contributed by atoms with Gasteiger partial charge in [0.1, 0.15) is 0 Å². The Kier molecular flexibility index (Phi) is 4.90. The molecule has 0 bridgehead atoms. The van der Waals surface area contributed by atoms with Crippen LogP contribution in [0.5, 0.6) is 0 Å². The first-order valence-electron chi connectivity index (χ1n) is 5.57. The normalized spacial score (nSPS) is 12.9. The van der Waals surface area contributed by atoms with Gasteiger partial charge in [0.25, 0.3) is 0 Å². The summed E-state index contributed by atoms with van der Waals surface area (Å²) in [5.41, 5.74) is 2.61. The molecule has 0 aromatic heterocycles. The summed E-state index contributed by atoms with van der Waals surface area (Å²) in [6.07, 6.45) is 1.17. The maximum Gasteiger partial charge on any atom is 0.0372 e. The highest BCUT2D eigenvalue weighted by molar-refractivity contribution is 14.1. The SMILES string of the molecule is CCC(Nc1ccc(I)cc1C)C(C)C. The molecular weight excluding hydrogens is 297 g/mol. The first kappa shape index (κ1) is 12.8. The fraction of sp³-hybridized carbons (Fsp3) is 0.538. The van der Waals surface area contributed by atoms with E-state index >= 15 is 0 Å². The van der Waals surface area contributed by atoms with Gasteiger partial charge in [-0.05, 0) is 65.6 Å². The second-order valence-electron chi connectivity index (χ2n) is 4.36. The van der Waals surface area contributed by atoms with Crippen LogP contribution in [-0.2, 0) is 0 Å². The number of halogens is 1. The van der Waals surface area contributed by atoms with Gasteiger partial charge in [0.15, 0.2) is 0 Å². The van der Waals surface area contributed by atoms with Crippen molar-refractivity contribution in [2.75, 3.05) is 5.32 Å². The summed E-state index contributed by atoms with van der Waals surface area (Å²) < 4.78 is 1.30. The first-order chi connectivity index (χ1) is 7.04. The van der Waals surface area contributed by atoms with Crippen molar-refractivity contribution >= 4 is 28.3 Å². The van der Waals surface area contributed by atoms with Crippen LogP contribution in [0.15, 0.2) is 18.2 Å². The Morgan fingerprint density at radius 2 is 2.00 bits per heavy atom. The Balaban J connectivity index is 2.79. The van der Waals surface area contributed by atoms with Gasteiger partial charge in [-0.25, -0.2) is 0 Å². The molecule has 1 rings (SSSR count). The highest BCUT2D eigenvalue weighted by Gasteiger charge is 2.11. The van der Waals surface area contributed by atoms with Gasteiger partial charge in [-0.1, -0.05) is 20.8 Å². The third-order valence-electron chi connectivity index (χ3n) is 2.77. The monoisotopic (exact) mass is 317 g/mol. The molecule has 0 spiro atoms. The molecule has 0 saturated heterocycles. The quantitative estimate of drug-likeness (QED) is 0.809. The van der Waals surface area contributed by atoms with E-state index in [4.69, 9.17) is 0 Å². The van der Waals surface area contributed by atoms with Crippen LogP contribution >= 0.6 is 22.6 Å². The molecule has 0 aliphatic rings. The summed E-state index contributed by atoms with van der Waals surface area (Å²) in [5, 5.41) is 3.62. The number of aryl methyl sites for hydroxylation is 1. The standard InChI is InChI=1S/C13H20IN/c1-5-12(9(2)3)15-13-7-6-11(14)8-10(13)4/h6-9,12,15H,5H2,1-4H3. The lowest BCUT2D eigenvalue weighted by Crippen LogP contribution is -2.24. The highest BCUT2D eigenvalue weighted by Crippen LogP contribution is 2.21. The molecule has 15 heavy (non-hydrogen) atoms. The summed E-state index contributed by atoms with van der Waals surface area (Å²) in [4.78, 5) is 0. The van der Waals surface area contributed by atoms with E-state index in [0.29, 0.717) is 12.0 Å². The van der Waals surface area contributed by atoms with Crippen molar-refractivity contribution in [2.45, 2.75) is 40.2 Å². The van der Waals surface area contributed by atoms with Crippen LogP contribution < -0.4 is 5.32 Å². The molecule has 1 N–H and O–H groups in total. The second-order valence-corrected chi connectivity index (χ2v) is 5.61. The highest BCUT2D eigenvalue weighted by atomic mass is 127. The number of anilines is 1. The van der Waals surface area contributed by atoms with Crippen molar-refractivity contribution in [2.24, 2.45) is 5.92 Å². The minimum atomic E-state index is 0.573. The minimum Gasteiger partial charge on any atom is -0.382 e. The minimum absolute atomic E-state index is 0.573. The Morgan fingerprint density at radius 1 is 1.33 bits per heavy atom. The van der Waals surface area contributed by atoms with E-state index < -0.39 is 0 Å². The number of benzene rings is 1. The summed E-state index contributed by atoms with van der Waals surface area (Å²) in [6.45, 7) is 8.93. The molecule has 84 valence electrons. The average Bonchev–Trinajstić information content (AvgIpc) is 2.16. The van der Waals surface area contributed by atoms with Crippen LogP contribution in [0.2, 0.25) is 0 Å². The van der Waals surface area contributed by atoms with Crippen molar-refractivity contribution in [1.82, 2.24) is 0 Å². The Bertz CT molecular complexity index is 320. The van der Waals surface area contributed by atoms with Gasteiger partial charge in [0, 0.05) is 15.3 Å². The van der Waals surface area contributed by atoms with E-state index in [0.717, 1.165) is 0 Å². The van der Waals surface area contributed by atoms with E-state index in [2.05, 4.69) is 73.8 Å². The third-order valence-corrected chi connectivity index (χ3v) is 3.44. The van der Waals surface area contributed by atoms with Crippen LogP contribution in [0.1, 0.15) is 32.8 Å². The topological polar surface area (TPSA) is 12.0 Å². The van der Waals surface area contributed by atoms with Crippen LogP contribution in [0.3, 0.4) is 0 Å². The molecule has 1 atom stereocenters. The zero-order valence-corrected chi connectivity index (χ0v) is 12.1. The lowest BCUT2D eigenvalue weighted by Gasteiger charge is -2.23. The van der Waals surface area contributed by atoms with Crippen molar-refractivity contribution in [3.05, 3.63) is 27.3 Å². The zero-order valence-electron chi connectivity index (χ0n) is 9.97. The van der Waals surface area contributed by atoms with Crippen molar-refractivity contribution in [3.8, 4) is 0 Å².